The molecule has 2 aliphatic heterocycles. The number of likely N-dealkylation sites (tertiary alicyclic amines) is 2. The maximum Gasteiger partial charge on any atom is 0.321 e. The number of halogens is 2. The summed E-state index contributed by atoms with van der Waals surface area (Å²) < 4.78 is 26.2. The van der Waals surface area contributed by atoms with Crippen molar-refractivity contribution in [2.75, 3.05) is 38.0 Å². The smallest absolute Gasteiger partial charge is 0.321 e. The van der Waals surface area contributed by atoms with Crippen molar-refractivity contribution < 1.29 is 18.7 Å². The topological polar surface area (TPSA) is 55.8 Å². The van der Waals surface area contributed by atoms with Crippen LogP contribution in [0.5, 0.6) is 0 Å². The summed E-state index contributed by atoms with van der Waals surface area (Å²) in [5, 5.41) is 14.0. The second-order valence-electron chi connectivity index (χ2n) is 9.24. The first kappa shape index (κ1) is 22.7. The molecule has 0 radical (unpaired) electrons. The molecule has 2 amide bonds. The first-order chi connectivity index (χ1) is 15.4. The lowest BCUT2D eigenvalue weighted by Crippen LogP contribution is -2.57. The number of hydrogen-bond donors (Lipinski definition) is 2. The number of piperidine rings is 2. The summed E-state index contributed by atoms with van der Waals surface area (Å²) >= 11 is 0. The minimum absolute atomic E-state index is 0.204. The van der Waals surface area contributed by atoms with E-state index in [1.165, 1.54) is 42.0 Å². The Bertz CT molecular complexity index is 898. The Balaban J connectivity index is 1.26. The lowest BCUT2D eigenvalue weighted by atomic mass is 9.88. The van der Waals surface area contributed by atoms with E-state index in [1.54, 1.807) is 4.90 Å². The summed E-state index contributed by atoms with van der Waals surface area (Å²) in [4.78, 5) is 16.6. The average Bonchev–Trinajstić information content (AvgIpc) is 2.78. The van der Waals surface area contributed by atoms with E-state index >= 15 is 0 Å². The van der Waals surface area contributed by atoms with Crippen molar-refractivity contribution in [3.8, 4) is 0 Å². The molecule has 0 spiro atoms. The van der Waals surface area contributed by atoms with Gasteiger partial charge >= 0.3 is 6.03 Å². The predicted octanol–water partition coefficient (Wildman–Crippen LogP) is 4.28. The van der Waals surface area contributed by atoms with E-state index in [0.717, 1.165) is 38.8 Å². The molecule has 7 heteroatoms. The van der Waals surface area contributed by atoms with Gasteiger partial charge in [0.25, 0.3) is 0 Å². The van der Waals surface area contributed by atoms with Gasteiger partial charge < -0.3 is 20.2 Å². The van der Waals surface area contributed by atoms with E-state index in [-0.39, 0.29) is 24.2 Å². The van der Waals surface area contributed by atoms with E-state index in [4.69, 9.17) is 0 Å². The molecular formula is C25H31F2N3O2. The van der Waals surface area contributed by atoms with E-state index in [9.17, 15) is 18.7 Å². The Morgan fingerprint density at radius 2 is 1.62 bits per heavy atom. The Kier molecular flexibility index (Phi) is 7.06. The molecule has 2 aromatic carbocycles. The van der Waals surface area contributed by atoms with Crippen LogP contribution in [0.2, 0.25) is 0 Å². The Labute approximate surface area is 188 Å². The number of benzene rings is 2. The molecule has 0 bridgehead atoms. The van der Waals surface area contributed by atoms with Gasteiger partial charge in [-0.15, -0.1) is 0 Å². The summed E-state index contributed by atoms with van der Waals surface area (Å²) in [7, 11) is 0. The van der Waals surface area contributed by atoms with E-state index < -0.39 is 5.60 Å². The average molecular weight is 444 g/mol. The molecule has 32 heavy (non-hydrogen) atoms. The molecule has 0 saturated carbocycles. The van der Waals surface area contributed by atoms with Gasteiger partial charge in [-0.2, -0.15) is 0 Å². The largest absolute Gasteiger partial charge is 0.387 e. The summed E-state index contributed by atoms with van der Waals surface area (Å²) in [5.74, 6) is 0.0113. The van der Waals surface area contributed by atoms with Crippen LogP contribution in [0.1, 0.15) is 31.2 Å². The Morgan fingerprint density at radius 1 is 1.00 bits per heavy atom. The predicted molar refractivity (Wildman–Crippen MR) is 120 cm³/mol. The number of carbonyl (C=O) groups excluding carboxylic acids is 1. The first-order valence-electron chi connectivity index (χ1n) is 11.4. The SMILES string of the molecule is O=C(Nc1ccc(F)cc1)N1CCCC(O)(CN2CCC(Cc3ccc(F)cc3)CC2)C1. The third-order valence-electron chi connectivity index (χ3n) is 6.60. The minimum atomic E-state index is -0.928. The number of nitrogens with zero attached hydrogens (tertiary/aromatic N) is 2. The molecule has 1 atom stereocenters. The number of amides is 2. The highest BCUT2D eigenvalue weighted by Gasteiger charge is 2.37. The van der Waals surface area contributed by atoms with Gasteiger partial charge in [-0.1, -0.05) is 12.1 Å². The molecule has 4 rings (SSSR count). The van der Waals surface area contributed by atoms with Gasteiger partial charge in [0.2, 0.25) is 0 Å². The highest BCUT2D eigenvalue weighted by molar-refractivity contribution is 5.89. The van der Waals surface area contributed by atoms with Crippen molar-refractivity contribution in [2.45, 2.75) is 37.7 Å². The molecule has 2 N–H and O–H groups in total. The molecule has 2 fully saturated rings. The highest BCUT2D eigenvalue weighted by Crippen LogP contribution is 2.27. The van der Waals surface area contributed by atoms with E-state index in [2.05, 4.69) is 10.2 Å². The van der Waals surface area contributed by atoms with Crippen molar-refractivity contribution in [3.05, 3.63) is 65.7 Å². The number of rotatable bonds is 5. The van der Waals surface area contributed by atoms with Gasteiger partial charge in [0.15, 0.2) is 0 Å². The number of urea groups is 1. The van der Waals surface area contributed by atoms with Crippen molar-refractivity contribution >= 4 is 11.7 Å². The fourth-order valence-electron chi connectivity index (χ4n) is 4.87. The third kappa shape index (κ3) is 6.04. The van der Waals surface area contributed by atoms with Crippen LogP contribution < -0.4 is 5.32 Å². The number of carbonyl (C=O) groups is 1. The number of aliphatic hydroxyl groups is 1. The highest BCUT2D eigenvalue weighted by atomic mass is 19.1. The van der Waals surface area contributed by atoms with Crippen LogP contribution in [0.15, 0.2) is 48.5 Å². The maximum atomic E-state index is 13.1. The number of anilines is 1. The standard InChI is InChI=1S/C25H31F2N3O2/c26-21-4-2-19(3-5-21)16-20-10-14-29(15-11-20)17-25(32)12-1-13-30(18-25)24(31)28-23-8-6-22(27)7-9-23/h2-9,20,32H,1,10-18H2,(H,28,31). The zero-order chi connectivity index (χ0) is 22.6. The van der Waals surface area contributed by atoms with Crippen molar-refractivity contribution in [3.63, 3.8) is 0 Å². The number of nitrogens with one attached hydrogen (secondary N) is 1. The van der Waals surface area contributed by atoms with Gasteiger partial charge in [-0.25, -0.2) is 13.6 Å². The molecule has 172 valence electrons. The quantitative estimate of drug-likeness (QED) is 0.725. The van der Waals surface area contributed by atoms with E-state index in [0.29, 0.717) is 31.1 Å². The summed E-state index contributed by atoms with van der Waals surface area (Å²) in [6.07, 6.45) is 4.46. The van der Waals surface area contributed by atoms with Crippen molar-refractivity contribution in [1.82, 2.24) is 9.80 Å². The summed E-state index contributed by atoms with van der Waals surface area (Å²) in [6.45, 7) is 3.26. The molecule has 2 aromatic rings. The fraction of sp³-hybridized carbons (Fsp3) is 0.480. The minimum Gasteiger partial charge on any atom is -0.387 e. The van der Waals surface area contributed by atoms with Crippen LogP contribution in [0.3, 0.4) is 0 Å². The van der Waals surface area contributed by atoms with Crippen LogP contribution in [0, 0.1) is 17.6 Å². The van der Waals surface area contributed by atoms with Gasteiger partial charge in [-0.05, 0) is 93.1 Å². The maximum absolute atomic E-state index is 13.1. The molecule has 0 aromatic heterocycles. The molecule has 1 unspecified atom stereocenters. The van der Waals surface area contributed by atoms with Crippen LogP contribution >= 0.6 is 0 Å². The van der Waals surface area contributed by atoms with Crippen LogP contribution in [0.4, 0.5) is 19.3 Å². The normalized spacial score (nSPS) is 22.7. The van der Waals surface area contributed by atoms with Crippen molar-refractivity contribution in [1.29, 1.82) is 0 Å². The molecule has 2 heterocycles. The second-order valence-corrected chi connectivity index (χ2v) is 9.24. The summed E-state index contributed by atoms with van der Waals surface area (Å²) in [6, 6.07) is 12.1. The van der Waals surface area contributed by atoms with Crippen molar-refractivity contribution in [2.24, 2.45) is 5.92 Å². The zero-order valence-corrected chi connectivity index (χ0v) is 18.3. The summed E-state index contributed by atoms with van der Waals surface area (Å²) in [5.41, 5.74) is 0.773. The fourth-order valence-corrected chi connectivity index (χ4v) is 4.87. The Hall–Kier alpha value is -2.51. The molecule has 2 aliphatic rings. The zero-order valence-electron chi connectivity index (χ0n) is 18.3. The van der Waals surface area contributed by atoms with Crippen LogP contribution in [-0.4, -0.2) is 59.3 Å². The molecule has 2 saturated heterocycles. The second kappa shape index (κ2) is 9.96. The third-order valence-corrected chi connectivity index (χ3v) is 6.60. The lowest BCUT2D eigenvalue weighted by Gasteiger charge is -2.43. The number of hydrogen-bond acceptors (Lipinski definition) is 3. The van der Waals surface area contributed by atoms with Gasteiger partial charge in [-0.3, -0.25) is 0 Å². The van der Waals surface area contributed by atoms with Crippen LogP contribution in [-0.2, 0) is 6.42 Å². The number of β-amino-alcohol motifs (C(OH)–C–C–N with tert-alkyl or cyclic N) is 1. The first-order valence-corrected chi connectivity index (χ1v) is 11.4. The van der Waals surface area contributed by atoms with E-state index in [1.807, 2.05) is 12.1 Å². The Morgan fingerprint density at radius 3 is 2.28 bits per heavy atom. The lowest BCUT2D eigenvalue weighted by molar-refractivity contribution is -0.0469. The van der Waals surface area contributed by atoms with Gasteiger partial charge in [0.1, 0.15) is 11.6 Å². The monoisotopic (exact) mass is 443 g/mol. The van der Waals surface area contributed by atoms with Crippen LogP contribution in [0.25, 0.3) is 0 Å². The molecular weight excluding hydrogens is 412 g/mol. The van der Waals surface area contributed by atoms with Gasteiger partial charge in [0, 0.05) is 18.8 Å². The molecule has 5 nitrogen and oxygen atoms in total. The van der Waals surface area contributed by atoms with Gasteiger partial charge in [0.05, 0.1) is 12.1 Å². The molecule has 0 aliphatic carbocycles.